The van der Waals surface area contributed by atoms with E-state index in [0.29, 0.717) is 17.4 Å². The molecule has 3 saturated carbocycles. The van der Waals surface area contributed by atoms with Crippen molar-refractivity contribution in [2.24, 2.45) is 40.4 Å². The molecule has 2 unspecified atom stereocenters. The zero-order valence-corrected chi connectivity index (χ0v) is 21.1. The van der Waals surface area contributed by atoms with Gasteiger partial charge in [0.25, 0.3) is 0 Å². The van der Waals surface area contributed by atoms with Gasteiger partial charge >= 0.3 is 0 Å². The molecule has 2 nitrogen and oxygen atoms in total. The van der Waals surface area contributed by atoms with Crippen LogP contribution in [0.1, 0.15) is 112 Å². The fraction of sp³-hybridized carbons (Fsp3) is 0.897. The number of allylic oxidation sites excluding steroid dienone is 1. The quantitative estimate of drug-likeness (QED) is 0.292. The van der Waals surface area contributed by atoms with Crippen LogP contribution in [0.5, 0.6) is 0 Å². The lowest BCUT2D eigenvalue weighted by atomic mass is 9.47. The third-order valence-corrected chi connectivity index (χ3v) is 10.4. The normalized spacial score (nSPS) is 42.0. The summed E-state index contributed by atoms with van der Waals surface area (Å²) in [7, 11) is 0. The molecule has 4 aliphatic carbocycles. The first kappa shape index (κ1) is 23.5. The summed E-state index contributed by atoms with van der Waals surface area (Å²) < 4.78 is 5.94. The first-order chi connectivity index (χ1) is 14.7. The van der Waals surface area contributed by atoms with Gasteiger partial charge in [0.05, 0.1) is 6.10 Å². The minimum Gasteiger partial charge on any atom is -0.370 e. The van der Waals surface area contributed by atoms with Gasteiger partial charge in [0.2, 0.25) is 0 Å². The summed E-state index contributed by atoms with van der Waals surface area (Å²) >= 11 is 0. The molecule has 0 heterocycles. The van der Waals surface area contributed by atoms with Gasteiger partial charge in [-0.05, 0) is 105 Å². The fourth-order valence-corrected chi connectivity index (χ4v) is 8.53. The van der Waals surface area contributed by atoms with Crippen molar-refractivity contribution >= 4 is 5.78 Å². The molecule has 3 fully saturated rings. The Hall–Kier alpha value is -0.630. The minimum atomic E-state index is 0.151. The van der Waals surface area contributed by atoms with Crippen LogP contribution in [-0.4, -0.2) is 18.5 Å². The van der Waals surface area contributed by atoms with Crippen LogP contribution >= 0.6 is 0 Å². The highest BCUT2D eigenvalue weighted by atomic mass is 16.5. The molecule has 4 rings (SSSR count). The van der Waals surface area contributed by atoms with E-state index in [1.807, 2.05) is 0 Å². The van der Waals surface area contributed by atoms with Crippen LogP contribution in [0.2, 0.25) is 0 Å². The summed E-state index contributed by atoms with van der Waals surface area (Å²) in [6.07, 6.45) is 19.3. The Balaban J connectivity index is 1.41. The van der Waals surface area contributed by atoms with E-state index >= 15 is 0 Å². The average molecular weight is 429 g/mol. The fourth-order valence-electron chi connectivity index (χ4n) is 8.53. The van der Waals surface area contributed by atoms with Crippen LogP contribution in [0, 0.1) is 40.4 Å². The van der Waals surface area contributed by atoms with Gasteiger partial charge in [-0.1, -0.05) is 58.6 Å². The highest BCUT2D eigenvalue weighted by Crippen LogP contribution is 2.66. The standard InChI is InChI=1S/C29H48O2/c1-20(2)8-6-7-9-22-11-13-26-25-12-10-23-18-24(31-19-21(3)30)14-16-29(23,5)27(25)15-17-28(22,26)4/h10,20,22,24-27H,6-9,11-19H2,1-5H3/t22-,24-,25-,26?,27?,28+,29-/m0/s1. The molecule has 0 saturated heterocycles. The van der Waals surface area contributed by atoms with Crippen LogP contribution in [0.15, 0.2) is 11.6 Å². The molecule has 0 bridgehead atoms. The maximum Gasteiger partial charge on any atom is 0.155 e. The van der Waals surface area contributed by atoms with E-state index in [1.54, 1.807) is 12.5 Å². The van der Waals surface area contributed by atoms with Crippen LogP contribution in [0.25, 0.3) is 0 Å². The van der Waals surface area contributed by atoms with Gasteiger partial charge in [0.15, 0.2) is 5.78 Å². The zero-order valence-electron chi connectivity index (χ0n) is 21.1. The summed E-state index contributed by atoms with van der Waals surface area (Å²) in [5.74, 6) is 4.70. The van der Waals surface area contributed by atoms with Gasteiger partial charge in [-0.15, -0.1) is 0 Å². The third-order valence-electron chi connectivity index (χ3n) is 10.4. The molecule has 4 aliphatic rings. The number of hydrogen-bond donors (Lipinski definition) is 0. The molecule has 0 aromatic heterocycles. The Morgan fingerprint density at radius 1 is 1.10 bits per heavy atom. The first-order valence-corrected chi connectivity index (χ1v) is 13.5. The molecule has 0 aliphatic heterocycles. The third kappa shape index (κ3) is 4.57. The van der Waals surface area contributed by atoms with Crippen molar-refractivity contribution in [2.45, 2.75) is 118 Å². The second kappa shape index (κ2) is 9.32. The predicted octanol–water partition coefficient (Wildman–Crippen LogP) is 7.76. The molecule has 176 valence electrons. The largest absolute Gasteiger partial charge is 0.370 e. The van der Waals surface area contributed by atoms with Crippen LogP contribution in [-0.2, 0) is 9.53 Å². The number of ketones is 1. The molecule has 0 aromatic carbocycles. The number of Topliss-reactive ketones (excluding diaryl/α,β-unsaturated/α-hetero) is 1. The van der Waals surface area contributed by atoms with Crippen LogP contribution in [0.3, 0.4) is 0 Å². The number of unbranched alkanes of at least 4 members (excludes halogenated alkanes) is 1. The molecule has 0 radical (unpaired) electrons. The van der Waals surface area contributed by atoms with Gasteiger partial charge in [0.1, 0.15) is 6.61 Å². The minimum absolute atomic E-state index is 0.151. The summed E-state index contributed by atoms with van der Waals surface area (Å²) in [5, 5.41) is 0. The van der Waals surface area contributed by atoms with Crippen LogP contribution < -0.4 is 0 Å². The Morgan fingerprint density at radius 3 is 2.65 bits per heavy atom. The lowest BCUT2D eigenvalue weighted by molar-refractivity contribution is -0.124. The zero-order chi connectivity index (χ0) is 22.2. The molecule has 0 aromatic rings. The molecular formula is C29H48O2. The average Bonchev–Trinajstić information content (AvgIpc) is 3.05. The summed E-state index contributed by atoms with van der Waals surface area (Å²) in [5.41, 5.74) is 2.65. The number of carbonyl (C=O) groups is 1. The predicted molar refractivity (Wildman–Crippen MR) is 129 cm³/mol. The summed E-state index contributed by atoms with van der Waals surface area (Å²) in [4.78, 5) is 11.4. The van der Waals surface area contributed by atoms with Crippen molar-refractivity contribution in [2.75, 3.05) is 6.61 Å². The Kier molecular flexibility index (Phi) is 7.07. The monoisotopic (exact) mass is 428 g/mol. The molecule has 0 spiro atoms. The van der Waals surface area contributed by atoms with E-state index in [2.05, 4.69) is 33.8 Å². The van der Waals surface area contributed by atoms with Crippen molar-refractivity contribution in [3.8, 4) is 0 Å². The van der Waals surface area contributed by atoms with E-state index in [9.17, 15) is 4.79 Å². The van der Waals surface area contributed by atoms with Crippen molar-refractivity contribution in [3.05, 3.63) is 11.6 Å². The summed E-state index contributed by atoms with van der Waals surface area (Å²) in [6.45, 7) is 11.9. The first-order valence-electron chi connectivity index (χ1n) is 13.5. The van der Waals surface area contributed by atoms with E-state index in [1.165, 1.54) is 64.2 Å². The van der Waals surface area contributed by atoms with Gasteiger partial charge in [-0.25, -0.2) is 0 Å². The van der Waals surface area contributed by atoms with Crippen molar-refractivity contribution < 1.29 is 9.53 Å². The number of fused-ring (bicyclic) bond motifs is 5. The second-order valence-corrected chi connectivity index (χ2v) is 12.6. The number of hydrogen-bond acceptors (Lipinski definition) is 2. The van der Waals surface area contributed by atoms with Crippen molar-refractivity contribution in [1.82, 2.24) is 0 Å². The van der Waals surface area contributed by atoms with Crippen molar-refractivity contribution in [1.29, 1.82) is 0 Å². The van der Waals surface area contributed by atoms with Gasteiger partial charge in [-0.3, -0.25) is 4.79 Å². The van der Waals surface area contributed by atoms with Gasteiger partial charge in [-0.2, -0.15) is 0 Å². The summed E-state index contributed by atoms with van der Waals surface area (Å²) in [6, 6.07) is 0. The molecule has 0 amide bonds. The number of carbonyl (C=O) groups excluding carboxylic acids is 1. The lowest BCUT2D eigenvalue weighted by Gasteiger charge is -2.58. The Labute approximate surface area is 192 Å². The SMILES string of the molecule is CC(=O)CO[C@H]1CC[C@@]2(C)C(=CC[C@@H]3C2CC[C@@]2(C)C3CC[C@@H]2CCCCC(C)C)C1. The topological polar surface area (TPSA) is 26.3 Å². The highest BCUT2D eigenvalue weighted by molar-refractivity contribution is 5.76. The Morgan fingerprint density at radius 2 is 1.90 bits per heavy atom. The number of ether oxygens (including phenoxy) is 1. The molecule has 2 heteroatoms. The van der Waals surface area contributed by atoms with E-state index in [4.69, 9.17) is 4.74 Å². The lowest BCUT2D eigenvalue weighted by Crippen LogP contribution is -2.50. The number of rotatable bonds is 8. The van der Waals surface area contributed by atoms with E-state index in [-0.39, 0.29) is 11.9 Å². The van der Waals surface area contributed by atoms with Crippen molar-refractivity contribution in [3.63, 3.8) is 0 Å². The van der Waals surface area contributed by atoms with E-state index in [0.717, 1.165) is 42.4 Å². The Bertz CT molecular complexity index is 678. The van der Waals surface area contributed by atoms with Gasteiger partial charge < -0.3 is 4.74 Å². The molecule has 31 heavy (non-hydrogen) atoms. The maximum atomic E-state index is 11.4. The van der Waals surface area contributed by atoms with Gasteiger partial charge in [0, 0.05) is 0 Å². The second-order valence-electron chi connectivity index (χ2n) is 12.6. The highest BCUT2D eigenvalue weighted by Gasteiger charge is 2.58. The maximum absolute atomic E-state index is 11.4. The van der Waals surface area contributed by atoms with Crippen LogP contribution in [0.4, 0.5) is 0 Å². The smallest absolute Gasteiger partial charge is 0.155 e. The molecular weight excluding hydrogens is 380 g/mol. The van der Waals surface area contributed by atoms with E-state index < -0.39 is 0 Å². The molecule has 0 N–H and O–H groups in total. The molecule has 7 atom stereocenters.